The summed E-state index contributed by atoms with van der Waals surface area (Å²) in [7, 11) is 0. The highest BCUT2D eigenvalue weighted by Gasteiger charge is 2.26. The lowest BCUT2D eigenvalue weighted by molar-refractivity contribution is 0.239. The number of likely N-dealkylation sites (tertiary alicyclic amines) is 1. The van der Waals surface area contributed by atoms with Crippen molar-refractivity contribution in [1.82, 2.24) is 9.88 Å². The van der Waals surface area contributed by atoms with Crippen LogP contribution in [0, 0.1) is 5.82 Å². The molecule has 23 heavy (non-hydrogen) atoms. The number of aromatic nitrogens is 1. The van der Waals surface area contributed by atoms with E-state index in [-0.39, 0.29) is 11.5 Å². The SMILES string of the molecule is Fc1ccc2nc(C(Cl)(Cl)Cl)cc(OCCN3CCCC3)c2c1. The molecule has 0 unspecified atom stereocenters. The Bertz CT molecular complexity index is 700. The van der Waals surface area contributed by atoms with Crippen LogP contribution in [0.2, 0.25) is 0 Å². The van der Waals surface area contributed by atoms with E-state index in [9.17, 15) is 4.39 Å². The number of ether oxygens (including phenoxy) is 1. The lowest BCUT2D eigenvalue weighted by atomic mass is 10.2. The van der Waals surface area contributed by atoms with Crippen molar-refractivity contribution in [1.29, 1.82) is 0 Å². The van der Waals surface area contributed by atoms with Gasteiger partial charge in [0.05, 0.1) is 11.2 Å². The lowest BCUT2D eigenvalue weighted by Gasteiger charge is -2.17. The first-order chi connectivity index (χ1) is 10.9. The van der Waals surface area contributed by atoms with Gasteiger partial charge < -0.3 is 4.74 Å². The summed E-state index contributed by atoms with van der Waals surface area (Å²) >= 11 is 17.8. The molecule has 0 bridgehead atoms. The van der Waals surface area contributed by atoms with Gasteiger partial charge in [0.1, 0.15) is 18.2 Å². The summed E-state index contributed by atoms with van der Waals surface area (Å²) in [6.07, 6.45) is 2.45. The van der Waals surface area contributed by atoms with Crippen LogP contribution in [0.25, 0.3) is 10.9 Å². The molecular formula is C16H16Cl3FN2O. The van der Waals surface area contributed by atoms with Crippen molar-refractivity contribution in [3.8, 4) is 5.75 Å². The summed E-state index contributed by atoms with van der Waals surface area (Å²) in [6, 6.07) is 5.83. The molecule has 1 saturated heterocycles. The summed E-state index contributed by atoms with van der Waals surface area (Å²) in [5, 5.41) is 0.574. The van der Waals surface area contributed by atoms with Gasteiger partial charge in [0, 0.05) is 18.0 Å². The molecule has 0 aliphatic carbocycles. The topological polar surface area (TPSA) is 25.4 Å². The third-order valence-electron chi connectivity index (χ3n) is 3.89. The van der Waals surface area contributed by atoms with Crippen molar-refractivity contribution in [3.05, 3.63) is 35.8 Å². The molecule has 0 amide bonds. The number of pyridine rings is 1. The number of benzene rings is 1. The van der Waals surface area contributed by atoms with Gasteiger partial charge in [-0.3, -0.25) is 4.90 Å². The molecule has 0 N–H and O–H groups in total. The number of nitrogens with zero attached hydrogens (tertiary/aromatic N) is 2. The summed E-state index contributed by atoms with van der Waals surface area (Å²) in [6.45, 7) is 3.50. The van der Waals surface area contributed by atoms with Gasteiger partial charge in [-0.05, 0) is 44.1 Å². The first-order valence-electron chi connectivity index (χ1n) is 7.46. The predicted octanol–water partition coefficient (Wildman–Crippen LogP) is 4.68. The maximum absolute atomic E-state index is 13.5. The van der Waals surface area contributed by atoms with Crippen LogP contribution < -0.4 is 4.74 Å². The van der Waals surface area contributed by atoms with Gasteiger partial charge in [-0.15, -0.1) is 0 Å². The molecular weight excluding hydrogens is 362 g/mol. The Hall–Kier alpha value is -0.810. The van der Waals surface area contributed by atoms with Crippen LogP contribution >= 0.6 is 34.8 Å². The van der Waals surface area contributed by atoms with Gasteiger partial charge in [-0.25, -0.2) is 9.37 Å². The maximum atomic E-state index is 13.5. The summed E-state index contributed by atoms with van der Waals surface area (Å²) in [5.74, 6) is 0.125. The van der Waals surface area contributed by atoms with E-state index < -0.39 is 3.79 Å². The van der Waals surface area contributed by atoms with E-state index >= 15 is 0 Å². The fraction of sp³-hybridized carbons (Fsp3) is 0.438. The highest BCUT2D eigenvalue weighted by Crippen LogP contribution is 2.40. The average molecular weight is 378 g/mol. The zero-order valence-electron chi connectivity index (χ0n) is 12.4. The monoisotopic (exact) mass is 376 g/mol. The van der Waals surface area contributed by atoms with Crippen molar-refractivity contribution in [3.63, 3.8) is 0 Å². The molecule has 1 aromatic carbocycles. The van der Waals surface area contributed by atoms with Crippen LogP contribution in [0.15, 0.2) is 24.3 Å². The standard InChI is InChI=1S/C16H16Cl3FN2O/c17-16(18,19)15-10-14(23-8-7-22-5-1-2-6-22)12-9-11(20)3-4-13(12)21-15/h3-4,9-10H,1-2,5-8H2. The first-order valence-corrected chi connectivity index (χ1v) is 8.59. The number of hydrogen-bond donors (Lipinski definition) is 0. The third kappa shape index (κ3) is 4.18. The highest BCUT2D eigenvalue weighted by atomic mass is 35.6. The fourth-order valence-corrected chi connectivity index (χ4v) is 3.01. The van der Waals surface area contributed by atoms with E-state index in [4.69, 9.17) is 39.5 Å². The predicted molar refractivity (Wildman–Crippen MR) is 92.1 cm³/mol. The minimum atomic E-state index is -1.66. The first kappa shape index (κ1) is 17.0. The summed E-state index contributed by atoms with van der Waals surface area (Å²) < 4.78 is 17.7. The fourth-order valence-electron chi connectivity index (χ4n) is 2.72. The Morgan fingerprint density at radius 3 is 2.61 bits per heavy atom. The Balaban J connectivity index is 1.87. The quantitative estimate of drug-likeness (QED) is 0.724. The molecule has 0 atom stereocenters. The average Bonchev–Trinajstić information content (AvgIpc) is 2.99. The minimum absolute atomic E-state index is 0.262. The Kier molecular flexibility index (Phi) is 5.16. The van der Waals surface area contributed by atoms with Crippen LogP contribution in [0.5, 0.6) is 5.75 Å². The van der Waals surface area contributed by atoms with Crippen LogP contribution in [0.1, 0.15) is 18.5 Å². The van der Waals surface area contributed by atoms with E-state index in [0.29, 0.717) is 23.3 Å². The molecule has 3 nitrogen and oxygen atoms in total. The molecule has 124 valence electrons. The van der Waals surface area contributed by atoms with E-state index in [1.54, 1.807) is 12.1 Å². The second kappa shape index (κ2) is 6.98. The van der Waals surface area contributed by atoms with Crippen LogP contribution in [-0.2, 0) is 3.79 Å². The van der Waals surface area contributed by atoms with Crippen molar-refractivity contribution in [2.45, 2.75) is 16.6 Å². The van der Waals surface area contributed by atoms with Crippen LogP contribution in [-0.4, -0.2) is 36.1 Å². The number of fused-ring (bicyclic) bond motifs is 1. The molecule has 0 saturated carbocycles. The maximum Gasteiger partial charge on any atom is 0.232 e. The Morgan fingerprint density at radius 1 is 1.17 bits per heavy atom. The number of hydrogen-bond acceptors (Lipinski definition) is 3. The number of alkyl halides is 3. The zero-order valence-corrected chi connectivity index (χ0v) is 14.6. The molecule has 2 heterocycles. The van der Waals surface area contributed by atoms with Crippen molar-refractivity contribution < 1.29 is 9.13 Å². The van der Waals surface area contributed by atoms with Crippen molar-refractivity contribution in [2.75, 3.05) is 26.2 Å². The van der Waals surface area contributed by atoms with Gasteiger partial charge in [-0.2, -0.15) is 0 Å². The van der Waals surface area contributed by atoms with Gasteiger partial charge in [0.15, 0.2) is 0 Å². The summed E-state index contributed by atoms with van der Waals surface area (Å²) in [5.41, 5.74) is 0.796. The van der Waals surface area contributed by atoms with Crippen molar-refractivity contribution in [2.24, 2.45) is 0 Å². The van der Waals surface area contributed by atoms with Crippen LogP contribution in [0.4, 0.5) is 4.39 Å². The van der Waals surface area contributed by atoms with E-state index in [2.05, 4.69) is 9.88 Å². The largest absolute Gasteiger partial charge is 0.491 e. The second-order valence-corrected chi connectivity index (χ2v) is 7.84. The van der Waals surface area contributed by atoms with Crippen molar-refractivity contribution >= 4 is 45.7 Å². The van der Waals surface area contributed by atoms with Crippen LogP contribution in [0.3, 0.4) is 0 Å². The smallest absolute Gasteiger partial charge is 0.232 e. The van der Waals surface area contributed by atoms with Gasteiger partial charge >= 0.3 is 0 Å². The number of halogens is 4. The molecule has 0 radical (unpaired) electrons. The van der Waals surface area contributed by atoms with Gasteiger partial charge in [0.2, 0.25) is 3.79 Å². The number of rotatable bonds is 4. The lowest BCUT2D eigenvalue weighted by Crippen LogP contribution is -2.25. The normalized spacial score (nSPS) is 16.2. The zero-order chi connectivity index (χ0) is 16.4. The molecule has 1 aliphatic heterocycles. The molecule has 1 aliphatic rings. The molecule has 0 spiro atoms. The second-order valence-electron chi connectivity index (χ2n) is 5.56. The van der Waals surface area contributed by atoms with Gasteiger partial charge in [-0.1, -0.05) is 34.8 Å². The molecule has 1 fully saturated rings. The van der Waals surface area contributed by atoms with E-state index in [1.807, 2.05) is 0 Å². The van der Waals surface area contributed by atoms with Gasteiger partial charge in [0.25, 0.3) is 0 Å². The van der Waals surface area contributed by atoms with E-state index in [0.717, 1.165) is 19.6 Å². The Morgan fingerprint density at radius 2 is 1.91 bits per heavy atom. The minimum Gasteiger partial charge on any atom is -0.491 e. The highest BCUT2D eigenvalue weighted by molar-refractivity contribution is 6.66. The third-order valence-corrected chi connectivity index (χ3v) is 4.47. The molecule has 1 aromatic heterocycles. The molecule has 2 aromatic rings. The molecule has 7 heteroatoms. The molecule has 3 rings (SSSR count). The van der Waals surface area contributed by atoms with E-state index in [1.165, 1.54) is 25.0 Å². The summed E-state index contributed by atoms with van der Waals surface area (Å²) in [4.78, 5) is 6.61. The Labute approximate surface area is 149 Å².